The SMILES string of the molecule is Cc1nn(C)c2sc(-c3ccc(C=O)cc3)cc12. The van der Waals surface area contributed by atoms with Crippen LogP contribution in [0.25, 0.3) is 20.7 Å². The summed E-state index contributed by atoms with van der Waals surface area (Å²) in [6.45, 7) is 2.02. The molecule has 0 bridgehead atoms. The molecule has 1 aromatic carbocycles. The highest BCUT2D eigenvalue weighted by Crippen LogP contribution is 2.34. The van der Waals surface area contributed by atoms with Gasteiger partial charge in [-0.3, -0.25) is 9.48 Å². The van der Waals surface area contributed by atoms with Crippen molar-refractivity contribution in [3.05, 3.63) is 41.6 Å². The number of aromatic nitrogens is 2. The van der Waals surface area contributed by atoms with E-state index < -0.39 is 0 Å². The van der Waals surface area contributed by atoms with Gasteiger partial charge in [-0.25, -0.2) is 0 Å². The Bertz CT molecular complexity index is 688. The third-order valence-electron chi connectivity index (χ3n) is 3.03. The van der Waals surface area contributed by atoms with Crippen molar-refractivity contribution in [2.75, 3.05) is 0 Å². The van der Waals surface area contributed by atoms with Gasteiger partial charge in [0.1, 0.15) is 11.1 Å². The summed E-state index contributed by atoms with van der Waals surface area (Å²) in [5.74, 6) is 0. The molecule has 90 valence electrons. The summed E-state index contributed by atoms with van der Waals surface area (Å²) in [6, 6.07) is 9.82. The Kier molecular flexibility index (Phi) is 2.52. The van der Waals surface area contributed by atoms with E-state index in [-0.39, 0.29) is 0 Å². The fourth-order valence-corrected chi connectivity index (χ4v) is 3.20. The Morgan fingerprint density at radius 2 is 2.00 bits per heavy atom. The maximum absolute atomic E-state index is 10.6. The minimum Gasteiger partial charge on any atom is -0.298 e. The molecule has 4 heteroatoms. The van der Waals surface area contributed by atoms with Crippen molar-refractivity contribution in [3.8, 4) is 10.4 Å². The van der Waals surface area contributed by atoms with Gasteiger partial charge in [-0.2, -0.15) is 5.10 Å². The molecular weight excluding hydrogens is 244 g/mol. The molecule has 0 spiro atoms. The topological polar surface area (TPSA) is 34.9 Å². The Labute approximate surface area is 109 Å². The molecule has 0 unspecified atom stereocenters. The molecular formula is C14H12N2OS. The molecule has 0 N–H and O–H groups in total. The number of hydrogen-bond acceptors (Lipinski definition) is 3. The molecule has 2 aromatic heterocycles. The van der Waals surface area contributed by atoms with Crippen molar-refractivity contribution in [2.45, 2.75) is 6.92 Å². The van der Waals surface area contributed by atoms with Gasteiger partial charge in [-0.1, -0.05) is 24.3 Å². The van der Waals surface area contributed by atoms with Crippen LogP contribution < -0.4 is 0 Å². The minimum absolute atomic E-state index is 0.706. The van der Waals surface area contributed by atoms with Crippen LogP contribution in [0.15, 0.2) is 30.3 Å². The largest absolute Gasteiger partial charge is 0.298 e. The summed E-state index contributed by atoms with van der Waals surface area (Å²) in [7, 11) is 1.96. The summed E-state index contributed by atoms with van der Waals surface area (Å²) in [6.07, 6.45) is 0.864. The fourth-order valence-electron chi connectivity index (χ4n) is 2.07. The lowest BCUT2D eigenvalue weighted by Gasteiger charge is -1.97. The van der Waals surface area contributed by atoms with Crippen LogP contribution in [-0.4, -0.2) is 16.1 Å². The molecule has 0 amide bonds. The Morgan fingerprint density at radius 1 is 1.28 bits per heavy atom. The van der Waals surface area contributed by atoms with Crippen LogP contribution in [0.5, 0.6) is 0 Å². The average Bonchev–Trinajstić information content (AvgIpc) is 2.93. The molecule has 0 fully saturated rings. The third kappa shape index (κ3) is 1.66. The van der Waals surface area contributed by atoms with Gasteiger partial charge in [-0.15, -0.1) is 11.3 Å². The van der Waals surface area contributed by atoms with Crippen molar-refractivity contribution in [2.24, 2.45) is 7.05 Å². The first-order valence-electron chi connectivity index (χ1n) is 5.68. The summed E-state index contributed by atoms with van der Waals surface area (Å²) in [5, 5.41) is 5.60. The number of fused-ring (bicyclic) bond motifs is 1. The van der Waals surface area contributed by atoms with Gasteiger partial charge in [0.05, 0.1) is 5.69 Å². The van der Waals surface area contributed by atoms with Crippen LogP contribution in [0.4, 0.5) is 0 Å². The van der Waals surface area contributed by atoms with Gasteiger partial charge in [0.2, 0.25) is 0 Å². The van der Waals surface area contributed by atoms with Crippen molar-refractivity contribution >= 4 is 27.8 Å². The lowest BCUT2D eigenvalue weighted by molar-refractivity contribution is 0.112. The normalized spacial score (nSPS) is 11.0. The maximum atomic E-state index is 10.6. The molecule has 0 radical (unpaired) electrons. The number of hydrogen-bond donors (Lipinski definition) is 0. The lowest BCUT2D eigenvalue weighted by atomic mass is 10.1. The number of aryl methyl sites for hydroxylation is 2. The Hall–Kier alpha value is -1.94. The molecule has 18 heavy (non-hydrogen) atoms. The molecule has 0 aliphatic carbocycles. The van der Waals surface area contributed by atoms with E-state index in [0.717, 1.165) is 17.5 Å². The highest BCUT2D eigenvalue weighted by atomic mass is 32.1. The van der Waals surface area contributed by atoms with E-state index in [9.17, 15) is 4.79 Å². The van der Waals surface area contributed by atoms with Crippen molar-refractivity contribution in [3.63, 3.8) is 0 Å². The van der Waals surface area contributed by atoms with E-state index in [0.29, 0.717) is 5.56 Å². The smallest absolute Gasteiger partial charge is 0.150 e. The molecule has 0 aliphatic rings. The molecule has 3 nitrogen and oxygen atoms in total. The zero-order valence-electron chi connectivity index (χ0n) is 10.2. The second kappa shape index (κ2) is 4.07. The zero-order valence-corrected chi connectivity index (χ0v) is 11.0. The van der Waals surface area contributed by atoms with Crippen LogP contribution in [0.3, 0.4) is 0 Å². The van der Waals surface area contributed by atoms with E-state index in [1.807, 2.05) is 42.9 Å². The number of carbonyl (C=O) groups excluding carboxylic acids is 1. The van der Waals surface area contributed by atoms with Gasteiger partial charge >= 0.3 is 0 Å². The van der Waals surface area contributed by atoms with E-state index >= 15 is 0 Å². The summed E-state index contributed by atoms with van der Waals surface area (Å²) < 4.78 is 1.92. The second-order valence-electron chi connectivity index (χ2n) is 4.28. The summed E-state index contributed by atoms with van der Waals surface area (Å²) in [5.41, 5.74) is 2.90. The highest BCUT2D eigenvalue weighted by molar-refractivity contribution is 7.21. The maximum Gasteiger partial charge on any atom is 0.150 e. The van der Waals surface area contributed by atoms with Gasteiger partial charge in [0.25, 0.3) is 0 Å². The minimum atomic E-state index is 0.706. The monoisotopic (exact) mass is 256 g/mol. The Balaban J connectivity index is 2.13. The van der Waals surface area contributed by atoms with E-state index in [1.54, 1.807) is 11.3 Å². The molecule has 0 aliphatic heterocycles. The van der Waals surface area contributed by atoms with Crippen LogP contribution >= 0.6 is 11.3 Å². The first kappa shape index (κ1) is 11.2. The number of carbonyl (C=O) groups is 1. The predicted octanol–water partition coefficient (Wildman–Crippen LogP) is 3.42. The number of thiophene rings is 1. The highest BCUT2D eigenvalue weighted by Gasteiger charge is 2.10. The second-order valence-corrected chi connectivity index (χ2v) is 5.31. The van der Waals surface area contributed by atoms with Crippen molar-refractivity contribution in [1.82, 2.24) is 9.78 Å². The van der Waals surface area contributed by atoms with Crippen molar-refractivity contribution in [1.29, 1.82) is 0 Å². The van der Waals surface area contributed by atoms with Crippen LogP contribution in [0, 0.1) is 6.92 Å². The van der Waals surface area contributed by atoms with Crippen LogP contribution in [0.1, 0.15) is 16.1 Å². The summed E-state index contributed by atoms with van der Waals surface area (Å²) in [4.78, 5) is 13.0. The first-order chi connectivity index (χ1) is 8.69. The lowest BCUT2D eigenvalue weighted by Crippen LogP contribution is -1.87. The number of nitrogens with zero attached hydrogens (tertiary/aromatic N) is 2. The van der Waals surface area contributed by atoms with Gasteiger partial charge < -0.3 is 0 Å². The van der Waals surface area contributed by atoms with Gasteiger partial charge in [0.15, 0.2) is 0 Å². The zero-order chi connectivity index (χ0) is 12.7. The molecule has 2 heterocycles. The van der Waals surface area contributed by atoms with Gasteiger partial charge in [-0.05, 0) is 18.6 Å². The molecule has 0 saturated heterocycles. The quantitative estimate of drug-likeness (QED) is 0.658. The molecule has 3 aromatic rings. The fraction of sp³-hybridized carbons (Fsp3) is 0.143. The first-order valence-corrected chi connectivity index (χ1v) is 6.49. The van der Waals surface area contributed by atoms with E-state index in [2.05, 4.69) is 11.2 Å². The van der Waals surface area contributed by atoms with E-state index in [4.69, 9.17) is 0 Å². The average molecular weight is 256 g/mol. The van der Waals surface area contributed by atoms with Crippen LogP contribution in [-0.2, 0) is 7.05 Å². The van der Waals surface area contributed by atoms with Gasteiger partial charge in [0, 0.05) is 22.9 Å². The van der Waals surface area contributed by atoms with Crippen LogP contribution in [0.2, 0.25) is 0 Å². The molecule has 0 atom stereocenters. The standard InChI is InChI=1S/C14H12N2OS/c1-9-12-7-13(18-14(12)16(2)15-9)11-5-3-10(8-17)4-6-11/h3-8H,1-2H3. The number of aldehydes is 1. The Morgan fingerprint density at radius 3 is 2.61 bits per heavy atom. The molecule has 3 rings (SSSR count). The number of rotatable bonds is 2. The summed E-state index contributed by atoms with van der Waals surface area (Å²) >= 11 is 1.72. The third-order valence-corrected chi connectivity index (χ3v) is 4.28. The number of benzene rings is 1. The van der Waals surface area contributed by atoms with E-state index in [1.165, 1.54) is 15.1 Å². The van der Waals surface area contributed by atoms with Crippen molar-refractivity contribution < 1.29 is 4.79 Å². The predicted molar refractivity (Wildman–Crippen MR) is 74.2 cm³/mol. The molecule has 0 saturated carbocycles.